The number of halogens is 13. The van der Waals surface area contributed by atoms with E-state index in [1.165, 1.54) is 59.5 Å². The van der Waals surface area contributed by atoms with E-state index in [0.717, 1.165) is 60.0 Å². The molecule has 4 aromatic rings. The summed E-state index contributed by atoms with van der Waals surface area (Å²) in [5, 5.41) is 19.5. The van der Waals surface area contributed by atoms with Crippen molar-refractivity contribution in [3.63, 3.8) is 0 Å². The first kappa shape index (κ1) is 123. The average Bonchev–Trinajstić information content (AvgIpc) is 0.785. The van der Waals surface area contributed by atoms with Gasteiger partial charge in [-0.15, -0.1) is 26.3 Å². The van der Waals surface area contributed by atoms with Crippen molar-refractivity contribution in [3.8, 4) is 0 Å². The van der Waals surface area contributed by atoms with Crippen LogP contribution in [-0.2, 0) is 57.3 Å². The van der Waals surface area contributed by atoms with Crippen LogP contribution in [-0.4, -0.2) is 340 Å². The van der Waals surface area contributed by atoms with Gasteiger partial charge in [0.15, 0.2) is 26.4 Å². The molecule has 0 aliphatic carbocycles. The molecule has 0 aliphatic heterocycles. The summed E-state index contributed by atoms with van der Waals surface area (Å²) in [5.41, 5.74) is 1.64. The van der Waals surface area contributed by atoms with E-state index in [4.69, 9.17) is 25.8 Å². The minimum atomic E-state index is -0.754. The van der Waals surface area contributed by atoms with Crippen molar-refractivity contribution in [1.82, 2.24) is 60.0 Å². The maximum absolute atomic E-state index is 15.0. The van der Waals surface area contributed by atoms with Crippen molar-refractivity contribution in [2.45, 2.75) is 27.7 Å². The molecule has 131 heavy (non-hydrogen) atoms. The molecule has 7 N–H and O–H groups in total. The molecule has 0 aliphatic rings. The molecule has 4 rings (SSSR count). The molecule has 0 atom stereocenters. The minimum Gasteiger partial charge on any atom is -0.456 e. The third-order valence-electron chi connectivity index (χ3n) is 18.0. The second-order valence-corrected chi connectivity index (χ2v) is 41.2. The summed E-state index contributed by atoms with van der Waals surface area (Å²) in [7, 11) is 16.9. The van der Waals surface area contributed by atoms with Crippen LogP contribution in [0.2, 0.25) is 0 Å². The van der Waals surface area contributed by atoms with Gasteiger partial charge in [-0.2, -0.15) is 0 Å². The van der Waals surface area contributed by atoms with Crippen molar-refractivity contribution >= 4 is 400 Å². The zero-order chi connectivity index (χ0) is 100. The van der Waals surface area contributed by atoms with Crippen LogP contribution in [0.4, 0.5) is 22.7 Å². The van der Waals surface area contributed by atoms with Crippen molar-refractivity contribution < 1.29 is 95.7 Å². The highest BCUT2D eigenvalue weighted by molar-refractivity contribution is 14.1. The first-order valence-electron chi connectivity index (χ1n) is 38.7. The highest BCUT2D eigenvalue weighted by Gasteiger charge is 2.37. The second kappa shape index (κ2) is 62.5. The van der Waals surface area contributed by atoms with Gasteiger partial charge in [-0.05, 0) is 304 Å². The van der Waals surface area contributed by atoms with Crippen LogP contribution in [0.3, 0.4) is 0 Å². The number of carbonyl (C=O) groups excluding carboxylic acids is 16. The van der Waals surface area contributed by atoms with E-state index in [-0.39, 0.29) is 153 Å². The summed E-state index contributed by atoms with van der Waals surface area (Å²) in [6.45, 7) is 24.6. The van der Waals surface area contributed by atoms with Crippen molar-refractivity contribution in [1.29, 1.82) is 0 Å². The Morgan fingerprint density at radius 2 is 0.443 bits per heavy atom. The molecule has 0 spiro atoms. The van der Waals surface area contributed by atoms with Gasteiger partial charge in [0.2, 0.25) is 0 Å². The molecule has 0 heterocycles. The van der Waals surface area contributed by atoms with E-state index in [1.54, 1.807) is 55.4 Å². The molecule has 4 aromatic carbocycles. The number of nitrogens with zero attached hydrogens (tertiary/aromatic N) is 9. The maximum Gasteiger partial charge on any atom is 0.303 e. The van der Waals surface area contributed by atoms with Crippen LogP contribution in [0, 0.1) is 42.8 Å². The summed E-state index contributed by atoms with van der Waals surface area (Å²) < 4.78 is 23.4. The normalized spacial score (nSPS) is 10.6. The fourth-order valence-electron chi connectivity index (χ4n) is 11.1. The lowest BCUT2D eigenvalue weighted by molar-refractivity contribution is -0.145. The smallest absolute Gasteiger partial charge is 0.303 e. The minimum absolute atomic E-state index is 0.000126. The molecule has 0 unspecified atom stereocenters. The standard InChI is InChI=1S/C57H63I9N10O15.C16H14ClI3N2O5.C9H24N4/c1-13-16-70(7)52(83)34-40(58)37(46(64)49(43(34)61)67-31(80)25-89-28(4)77)55(86)73(10)19-22-76(23-20-74(11)56(87)38-41(59)35(53(84)71(8)17-14-2)44(62)50(47(38)65)68-32(81)26-90-29(5)78)24-21-75(12)57(88)39-42(60)36(54(85)72(9)18-15-3)45(63)51(48(39)66)69-33(82)27-91-30(6)79;1-4-5-22(3)16(26)10-11(18)9(15(17)25)12(19)14(13(10)20)21-8(24)6-27-7(2)23;1-10-4-7-13(8-5-11-2)9-6-12-3/h13-15H,1-3,16-27H2,4-12H3,(H,67,80)(H,68,81)(H,69,82);4H,1,5-6H2,2-3H3,(H,21,24);10-12H,4-9H2,1-3H3. The zero-order valence-electron chi connectivity index (χ0n) is 73.9. The maximum atomic E-state index is 15.0. The summed E-state index contributed by atoms with van der Waals surface area (Å²) in [5.74, 6) is -8.90. The van der Waals surface area contributed by atoms with E-state index in [1.807, 2.05) is 297 Å². The molecule has 0 aromatic heterocycles. The van der Waals surface area contributed by atoms with Crippen LogP contribution in [0.25, 0.3) is 0 Å². The molecular weight excluding hydrogens is 3090 g/mol. The zero-order valence-corrected chi connectivity index (χ0v) is 101. The number of amides is 11. The number of likely N-dealkylation sites (N-methyl/N-ethyl adjacent to an activating group) is 10. The van der Waals surface area contributed by atoms with Gasteiger partial charge in [0, 0.05) is 196 Å². The SMILES string of the molecule is C=CCN(C)C(=O)c1c(I)c(NC(=O)COC(C)=O)c(I)c(C(=O)Cl)c1I.C=CCN(C)C(=O)c1c(I)c(NC(=O)COC(C)=O)c(I)c(C(=O)N(C)CCN(CCN(C)C(=O)c2c(I)c(NC(=O)COC(C)=O)c(I)c(C(=O)N(C)CC=C)c2I)CCN(C)C(=O)c2c(I)c(NC(=O)COC(C)=O)c(I)c(C(=O)N(C)CC=C)c2I)c1I.CNCCN(CCNC)CCNC. The summed E-state index contributed by atoms with van der Waals surface area (Å²) in [6.07, 6.45) is 6.16. The van der Waals surface area contributed by atoms with Crippen LogP contribution >= 0.6 is 283 Å². The van der Waals surface area contributed by atoms with Crippen LogP contribution in [0.1, 0.15) is 111 Å². The molecule has 36 nitrogen and oxygen atoms in total. The molecule has 49 heteroatoms. The quantitative estimate of drug-likeness (QED) is 0.00710. The van der Waals surface area contributed by atoms with Gasteiger partial charge < -0.3 is 90.5 Å². The summed E-state index contributed by atoms with van der Waals surface area (Å²) in [6, 6.07) is 0. The number of esters is 4. The van der Waals surface area contributed by atoms with Gasteiger partial charge in [-0.1, -0.05) is 24.3 Å². The fraction of sp³-hybridized carbons (Fsp3) is 0.415. The Hall–Kier alpha value is -3.59. The predicted octanol–water partition coefficient (Wildman–Crippen LogP) is 10.9. The number of rotatable bonds is 46. The lowest BCUT2D eigenvalue weighted by Gasteiger charge is -2.31. The molecule has 0 fully saturated rings. The lowest BCUT2D eigenvalue weighted by Crippen LogP contribution is -2.44. The Morgan fingerprint density at radius 3 is 0.611 bits per heavy atom. The topological polar surface area (TPSA) is 423 Å². The Labute approximate surface area is 930 Å². The first-order chi connectivity index (χ1) is 61.4. The summed E-state index contributed by atoms with van der Waals surface area (Å²) in [4.78, 5) is 224. The highest BCUT2D eigenvalue weighted by atomic mass is 127. The summed E-state index contributed by atoms with van der Waals surface area (Å²) >= 11 is 28.8. The molecule has 0 bridgehead atoms. The van der Waals surface area contributed by atoms with Gasteiger partial charge in [-0.3, -0.25) is 86.5 Å². The molecule has 720 valence electrons. The molecule has 11 amide bonds. The van der Waals surface area contributed by atoms with Gasteiger partial charge in [-0.25, -0.2) is 0 Å². The van der Waals surface area contributed by atoms with Gasteiger partial charge >= 0.3 is 23.9 Å². The largest absolute Gasteiger partial charge is 0.456 e. The molecule has 0 radical (unpaired) electrons. The van der Waals surface area contributed by atoms with Crippen LogP contribution < -0.4 is 37.2 Å². The number of carbonyl (C=O) groups is 16. The van der Waals surface area contributed by atoms with E-state index >= 15 is 0 Å². The van der Waals surface area contributed by atoms with Gasteiger partial charge in [0.25, 0.3) is 70.2 Å². The molecular formula is C82H101ClI12N16O20. The number of anilines is 4. The Morgan fingerprint density at radius 1 is 0.275 bits per heavy atom. The molecule has 0 saturated carbocycles. The lowest BCUT2D eigenvalue weighted by atomic mass is 10.1. The molecule has 0 saturated heterocycles. The van der Waals surface area contributed by atoms with Gasteiger partial charge in [0.05, 0.1) is 95.8 Å². The third kappa shape index (κ3) is 37.8. The van der Waals surface area contributed by atoms with Crippen molar-refractivity contribution in [2.75, 3.05) is 223 Å². The average molecular weight is 3190 g/mol. The van der Waals surface area contributed by atoms with E-state index in [9.17, 15) is 76.7 Å². The van der Waals surface area contributed by atoms with Crippen molar-refractivity contribution in [3.05, 3.63) is 138 Å². The Kier molecular flexibility index (Phi) is 58.9. The van der Waals surface area contributed by atoms with E-state index in [2.05, 4.69) is 73.2 Å². The third-order valence-corrected chi connectivity index (χ3v) is 31.1. The van der Waals surface area contributed by atoms with Crippen LogP contribution in [0.5, 0.6) is 0 Å². The fourth-order valence-corrected chi connectivity index (χ4v) is 29.0. The number of ether oxygens (including phenoxy) is 4. The van der Waals surface area contributed by atoms with Crippen LogP contribution in [0.15, 0.2) is 50.6 Å². The highest BCUT2D eigenvalue weighted by Crippen LogP contribution is 2.42. The monoisotopic (exact) mass is 3190 g/mol. The van der Waals surface area contributed by atoms with Crippen molar-refractivity contribution in [2.24, 2.45) is 0 Å². The predicted molar refractivity (Wildman–Crippen MR) is 604 cm³/mol. The number of nitrogens with one attached hydrogen (secondary N) is 7. The van der Waals surface area contributed by atoms with Gasteiger partial charge in [0.1, 0.15) is 0 Å². The first-order valence-corrected chi connectivity index (χ1v) is 52.1. The number of benzene rings is 4. The Bertz CT molecular complexity index is 4630. The van der Waals surface area contributed by atoms with E-state index < -0.39 is 115 Å². The Balaban J connectivity index is 0.00000118. The second-order valence-electron chi connectivity index (χ2n) is 27.9. The van der Waals surface area contributed by atoms with E-state index in [0.29, 0.717) is 28.0 Å². The number of hydrogen-bond acceptors (Lipinski definition) is 25. The number of hydrogen-bond donors (Lipinski definition) is 7.